The van der Waals surface area contributed by atoms with Gasteiger partial charge in [0, 0.05) is 17.8 Å². The first-order valence-electron chi connectivity index (χ1n) is 5.29. The molecule has 2 rings (SSSR count). The van der Waals surface area contributed by atoms with Crippen LogP contribution in [0.3, 0.4) is 0 Å². The molecule has 0 aliphatic rings. The third-order valence-electron chi connectivity index (χ3n) is 2.43. The van der Waals surface area contributed by atoms with Gasteiger partial charge in [-0.15, -0.1) is 0 Å². The van der Waals surface area contributed by atoms with Crippen molar-refractivity contribution in [1.82, 2.24) is 19.7 Å². The van der Waals surface area contributed by atoms with E-state index in [1.54, 1.807) is 18.5 Å². The van der Waals surface area contributed by atoms with Crippen molar-refractivity contribution in [2.24, 2.45) is 0 Å². The molecule has 0 amide bonds. The lowest BCUT2D eigenvalue weighted by atomic mass is 9.91. The molecule has 2 aromatic heterocycles. The van der Waals surface area contributed by atoms with Crippen molar-refractivity contribution in [1.29, 1.82) is 0 Å². The van der Waals surface area contributed by atoms with E-state index in [9.17, 15) is 4.79 Å². The van der Waals surface area contributed by atoms with Gasteiger partial charge in [0.2, 0.25) is 0 Å². The zero-order valence-electron chi connectivity index (χ0n) is 10.1. The van der Waals surface area contributed by atoms with Crippen LogP contribution in [0.4, 0.5) is 5.69 Å². The lowest BCUT2D eigenvalue weighted by Crippen LogP contribution is -2.18. The lowest BCUT2D eigenvalue weighted by molar-refractivity contribution is 0.559. The molecular weight excluding hydrogens is 218 g/mol. The van der Waals surface area contributed by atoms with Crippen molar-refractivity contribution < 1.29 is 0 Å². The zero-order chi connectivity index (χ0) is 12.6. The van der Waals surface area contributed by atoms with Crippen LogP contribution in [-0.4, -0.2) is 19.7 Å². The van der Waals surface area contributed by atoms with Gasteiger partial charge in [-0.1, -0.05) is 20.8 Å². The molecule has 90 valence electrons. The molecule has 6 heteroatoms. The molecule has 2 aromatic rings. The highest BCUT2D eigenvalue weighted by molar-refractivity contribution is 5.45. The molecule has 0 spiro atoms. The van der Waals surface area contributed by atoms with Crippen LogP contribution >= 0.6 is 0 Å². The van der Waals surface area contributed by atoms with Crippen LogP contribution in [-0.2, 0) is 5.41 Å². The Morgan fingerprint density at radius 1 is 1.29 bits per heavy atom. The molecule has 3 N–H and O–H groups in total. The van der Waals surface area contributed by atoms with Gasteiger partial charge in [-0.05, 0) is 6.07 Å². The van der Waals surface area contributed by atoms with Crippen molar-refractivity contribution in [3.8, 4) is 5.95 Å². The molecule has 2 heterocycles. The Kier molecular flexibility index (Phi) is 2.49. The summed E-state index contributed by atoms with van der Waals surface area (Å²) in [6, 6.07) is 1.69. The number of nitrogen functional groups attached to an aromatic ring is 1. The summed E-state index contributed by atoms with van der Waals surface area (Å²) in [6.45, 7) is 5.93. The van der Waals surface area contributed by atoms with Gasteiger partial charge >= 0.3 is 0 Å². The molecule has 0 aromatic carbocycles. The van der Waals surface area contributed by atoms with Gasteiger partial charge in [0.05, 0.1) is 5.69 Å². The van der Waals surface area contributed by atoms with Gasteiger partial charge in [0.1, 0.15) is 5.69 Å². The summed E-state index contributed by atoms with van der Waals surface area (Å²) >= 11 is 0. The number of aromatic amines is 1. The maximum atomic E-state index is 12.0. The lowest BCUT2D eigenvalue weighted by Gasteiger charge is -2.16. The van der Waals surface area contributed by atoms with Crippen LogP contribution in [0.2, 0.25) is 0 Å². The van der Waals surface area contributed by atoms with E-state index in [1.807, 2.05) is 20.8 Å². The normalized spacial score (nSPS) is 11.7. The molecule has 0 saturated carbocycles. The first-order valence-corrected chi connectivity index (χ1v) is 5.29. The van der Waals surface area contributed by atoms with Crippen molar-refractivity contribution in [3.05, 3.63) is 34.5 Å². The van der Waals surface area contributed by atoms with E-state index in [1.165, 1.54) is 4.68 Å². The first-order chi connectivity index (χ1) is 7.91. The van der Waals surface area contributed by atoms with Gasteiger partial charge in [-0.2, -0.15) is 4.68 Å². The van der Waals surface area contributed by atoms with Crippen LogP contribution in [0.15, 0.2) is 23.3 Å². The molecular formula is C11H15N5O. The number of hydrogen-bond acceptors (Lipinski definition) is 4. The summed E-state index contributed by atoms with van der Waals surface area (Å²) < 4.78 is 1.26. The van der Waals surface area contributed by atoms with Crippen molar-refractivity contribution in [2.45, 2.75) is 26.2 Å². The second-order valence-corrected chi connectivity index (χ2v) is 4.84. The average molecular weight is 233 g/mol. The minimum absolute atomic E-state index is 0.213. The van der Waals surface area contributed by atoms with Gasteiger partial charge in [0.15, 0.2) is 0 Å². The van der Waals surface area contributed by atoms with E-state index < -0.39 is 0 Å². The Morgan fingerprint density at radius 2 is 1.88 bits per heavy atom. The fraction of sp³-hybridized carbons (Fsp3) is 0.364. The molecule has 0 unspecified atom stereocenters. The summed E-state index contributed by atoms with van der Waals surface area (Å²) in [5, 5.41) is 2.96. The van der Waals surface area contributed by atoms with E-state index >= 15 is 0 Å². The molecule has 0 radical (unpaired) electrons. The summed E-state index contributed by atoms with van der Waals surface area (Å²) in [5.41, 5.74) is 6.16. The maximum absolute atomic E-state index is 12.0. The molecule has 0 fully saturated rings. The molecule has 6 nitrogen and oxygen atoms in total. The second kappa shape index (κ2) is 3.73. The summed E-state index contributed by atoms with van der Waals surface area (Å²) in [7, 11) is 0. The molecule has 0 aliphatic heterocycles. The number of rotatable bonds is 1. The van der Waals surface area contributed by atoms with E-state index in [4.69, 9.17) is 5.73 Å². The number of hydrogen-bond donors (Lipinski definition) is 2. The predicted octanol–water partition coefficient (Wildman–Crippen LogP) is 0.835. The SMILES string of the molecule is CC(C)(C)c1[nH]n(-c2ncccn2)c(=O)c1N. The summed E-state index contributed by atoms with van der Waals surface area (Å²) in [5.74, 6) is 0.291. The Labute approximate surface area is 98.5 Å². The van der Waals surface area contributed by atoms with E-state index in [0.717, 1.165) is 0 Å². The Balaban J connectivity index is 2.63. The van der Waals surface area contributed by atoms with Gasteiger partial charge in [0.25, 0.3) is 11.5 Å². The molecule has 0 saturated heterocycles. The summed E-state index contributed by atoms with van der Waals surface area (Å²) in [6.07, 6.45) is 3.14. The zero-order valence-corrected chi connectivity index (χ0v) is 10.1. The Morgan fingerprint density at radius 3 is 2.35 bits per heavy atom. The Bertz CT molecular complexity index is 576. The van der Waals surface area contributed by atoms with Crippen LogP contribution in [0.1, 0.15) is 26.5 Å². The fourth-order valence-corrected chi connectivity index (χ4v) is 1.57. The van der Waals surface area contributed by atoms with E-state index in [2.05, 4.69) is 15.1 Å². The molecule has 17 heavy (non-hydrogen) atoms. The number of nitrogens with two attached hydrogens (primary N) is 1. The van der Waals surface area contributed by atoms with Gasteiger partial charge in [-0.25, -0.2) is 9.97 Å². The van der Waals surface area contributed by atoms with Gasteiger partial charge < -0.3 is 5.73 Å². The minimum Gasteiger partial charge on any atom is -0.393 e. The summed E-state index contributed by atoms with van der Waals surface area (Å²) in [4.78, 5) is 20.0. The fourth-order valence-electron chi connectivity index (χ4n) is 1.57. The molecule has 0 atom stereocenters. The highest BCUT2D eigenvalue weighted by atomic mass is 16.1. The first kappa shape index (κ1) is 11.4. The maximum Gasteiger partial charge on any atom is 0.297 e. The van der Waals surface area contributed by atoms with Gasteiger partial charge in [-0.3, -0.25) is 9.89 Å². The quantitative estimate of drug-likeness (QED) is 0.763. The topological polar surface area (TPSA) is 89.6 Å². The third-order valence-corrected chi connectivity index (χ3v) is 2.43. The van der Waals surface area contributed by atoms with Crippen molar-refractivity contribution in [2.75, 3.05) is 5.73 Å². The Hall–Kier alpha value is -2.11. The largest absolute Gasteiger partial charge is 0.393 e. The van der Waals surface area contributed by atoms with E-state index in [-0.39, 0.29) is 16.7 Å². The third kappa shape index (κ3) is 1.93. The number of aromatic nitrogens is 4. The standard InChI is InChI=1S/C11H15N5O/c1-11(2,3)8-7(12)9(17)16(15-8)10-13-5-4-6-14-10/h4-6,15H,12H2,1-3H3. The van der Waals surface area contributed by atoms with Crippen LogP contribution in [0.25, 0.3) is 5.95 Å². The molecule has 0 aliphatic carbocycles. The van der Waals surface area contributed by atoms with E-state index in [0.29, 0.717) is 11.6 Å². The number of nitrogens with one attached hydrogen (secondary N) is 1. The highest BCUT2D eigenvalue weighted by Gasteiger charge is 2.23. The number of anilines is 1. The van der Waals surface area contributed by atoms with Crippen molar-refractivity contribution in [3.63, 3.8) is 0 Å². The molecule has 0 bridgehead atoms. The predicted molar refractivity (Wildman–Crippen MR) is 65.1 cm³/mol. The average Bonchev–Trinajstić information content (AvgIpc) is 2.57. The monoisotopic (exact) mass is 233 g/mol. The highest BCUT2D eigenvalue weighted by Crippen LogP contribution is 2.23. The van der Waals surface area contributed by atoms with Crippen molar-refractivity contribution >= 4 is 5.69 Å². The second-order valence-electron chi connectivity index (χ2n) is 4.84. The number of H-pyrrole nitrogens is 1. The minimum atomic E-state index is -0.318. The smallest absolute Gasteiger partial charge is 0.297 e. The van der Waals surface area contributed by atoms with Crippen LogP contribution in [0, 0.1) is 0 Å². The van der Waals surface area contributed by atoms with Crippen LogP contribution < -0.4 is 11.3 Å². The number of nitrogens with zero attached hydrogens (tertiary/aromatic N) is 3. The van der Waals surface area contributed by atoms with Crippen LogP contribution in [0.5, 0.6) is 0 Å².